The molecular formula is C20H12FN3OS. The number of furan rings is 1. The fourth-order valence-electron chi connectivity index (χ4n) is 2.49. The Morgan fingerprint density at radius 3 is 2.69 bits per heavy atom. The van der Waals surface area contributed by atoms with Crippen molar-refractivity contribution < 1.29 is 8.81 Å². The Morgan fingerprint density at radius 2 is 1.92 bits per heavy atom. The highest BCUT2D eigenvalue weighted by Gasteiger charge is 2.09. The minimum Gasteiger partial charge on any atom is -0.450 e. The summed E-state index contributed by atoms with van der Waals surface area (Å²) < 4.78 is 18.8. The minimum absolute atomic E-state index is 0.339. The average molecular weight is 361 g/mol. The van der Waals surface area contributed by atoms with Gasteiger partial charge in [-0.3, -0.25) is 0 Å². The van der Waals surface area contributed by atoms with Crippen LogP contribution < -0.4 is 0 Å². The van der Waals surface area contributed by atoms with Gasteiger partial charge in [0.05, 0.1) is 22.7 Å². The number of benzene rings is 2. The maximum absolute atomic E-state index is 13.0. The zero-order valence-corrected chi connectivity index (χ0v) is 14.3. The van der Waals surface area contributed by atoms with Gasteiger partial charge in [0.15, 0.2) is 10.2 Å². The Labute approximate surface area is 153 Å². The van der Waals surface area contributed by atoms with Crippen LogP contribution in [0.5, 0.6) is 0 Å². The Morgan fingerprint density at radius 1 is 1.12 bits per heavy atom. The summed E-state index contributed by atoms with van der Waals surface area (Å²) >= 11 is 1.37. The number of H-pyrrole nitrogens is 1. The van der Waals surface area contributed by atoms with Crippen molar-refractivity contribution in [2.24, 2.45) is 0 Å². The van der Waals surface area contributed by atoms with E-state index in [1.807, 2.05) is 30.3 Å². The maximum atomic E-state index is 13.0. The minimum atomic E-state index is -0.339. The molecule has 1 N–H and O–H groups in total. The molecule has 2 heterocycles. The topological polar surface area (TPSA) is 65.6 Å². The van der Waals surface area contributed by atoms with Crippen molar-refractivity contribution >= 4 is 34.4 Å². The highest BCUT2D eigenvalue weighted by atomic mass is 32.2. The molecule has 0 aliphatic rings. The summed E-state index contributed by atoms with van der Waals surface area (Å²) in [6, 6.07) is 19.3. The van der Waals surface area contributed by atoms with Crippen LogP contribution in [0.25, 0.3) is 22.7 Å². The molecule has 26 heavy (non-hydrogen) atoms. The zero-order chi connectivity index (χ0) is 17.9. The van der Waals surface area contributed by atoms with Gasteiger partial charge < -0.3 is 9.40 Å². The number of hydrogen-bond acceptors (Lipinski definition) is 4. The Kier molecular flexibility index (Phi) is 4.30. The summed E-state index contributed by atoms with van der Waals surface area (Å²) in [5, 5.41) is 10.7. The van der Waals surface area contributed by atoms with Gasteiger partial charge in [0, 0.05) is 0 Å². The molecule has 2 aromatic heterocycles. The lowest BCUT2D eigenvalue weighted by Crippen LogP contribution is -1.82. The van der Waals surface area contributed by atoms with E-state index < -0.39 is 0 Å². The van der Waals surface area contributed by atoms with Crippen molar-refractivity contribution in [3.8, 4) is 6.07 Å². The van der Waals surface area contributed by atoms with Crippen LogP contribution in [0.4, 0.5) is 4.39 Å². The number of nitriles is 1. The van der Waals surface area contributed by atoms with Gasteiger partial charge in [0.1, 0.15) is 11.6 Å². The number of halogens is 1. The second-order valence-corrected chi connectivity index (χ2v) is 6.49. The lowest BCUT2D eigenvalue weighted by atomic mass is 10.1. The fourth-order valence-corrected chi connectivity index (χ4v) is 3.26. The van der Waals surface area contributed by atoms with Crippen molar-refractivity contribution in [2.75, 3.05) is 0 Å². The Hall–Kier alpha value is -3.30. The van der Waals surface area contributed by atoms with Gasteiger partial charge in [0.25, 0.3) is 0 Å². The first-order valence-corrected chi connectivity index (χ1v) is 8.63. The molecule has 4 aromatic rings. The molecule has 0 fully saturated rings. The summed E-state index contributed by atoms with van der Waals surface area (Å²) in [6.07, 6.45) is 1.63. The summed E-state index contributed by atoms with van der Waals surface area (Å²) in [6.45, 7) is 0. The van der Waals surface area contributed by atoms with Crippen LogP contribution in [0.1, 0.15) is 11.3 Å². The Balaban J connectivity index is 1.57. The van der Waals surface area contributed by atoms with Gasteiger partial charge in [-0.05, 0) is 59.8 Å². The molecule has 2 aromatic carbocycles. The molecule has 0 atom stereocenters. The van der Waals surface area contributed by atoms with Gasteiger partial charge in [-0.2, -0.15) is 5.26 Å². The Bertz CT molecular complexity index is 1100. The second-order valence-electron chi connectivity index (χ2n) is 5.49. The van der Waals surface area contributed by atoms with Gasteiger partial charge >= 0.3 is 0 Å². The van der Waals surface area contributed by atoms with Crippen LogP contribution in [0.2, 0.25) is 0 Å². The number of allylic oxidation sites excluding steroid dienone is 1. The number of nitrogens with one attached hydrogen (secondary N) is 1. The van der Waals surface area contributed by atoms with Crippen molar-refractivity contribution in [1.82, 2.24) is 9.97 Å². The highest BCUT2D eigenvalue weighted by Crippen LogP contribution is 2.30. The fraction of sp³-hybridized carbons (Fsp3) is 0. The molecule has 0 spiro atoms. The number of aromatic nitrogens is 2. The normalized spacial score (nSPS) is 11.6. The van der Waals surface area contributed by atoms with Crippen LogP contribution in [0.15, 0.2) is 75.3 Å². The van der Waals surface area contributed by atoms with Crippen LogP contribution in [0, 0.1) is 17.1 Å². The van der Waals surface area contributed by atoms with E-state index in [-0.39, 0.29) is 5.82 Å². The van der Waals surface area contributed by atoms with E-state index in [0.717, 1.165) is 16.2 Å². The van der Waals surface area contributed by atoms with E-state index in [0.29, 0.717) is 22.0 Å². The number of imidazole rings is 1. The molecule has 0 bridgehead atoms. The SMILES string of the molecule is N#C/C(=C/c1ccc(Sc2nc3ccccc3[nH]2)o1)c1ccc(F)cc1. The summed E-state index contributed by atoms with van der Waals surface area (Å²) in [5.74, 6) is 0.207. The van der Waals surface area contributed by atoms with Crippen LogP contribution in [-0.4, -0.2) is 9.97 Å². The highest BCUT2D eigenvalue weighted by molar-refractivity contribution is 7.99. The summed E-state index contributed by atoms with van der Waals surface area (Å²) in [4.78, 5) is 7.72. The van der Waals surface area contributed by atoms with Gasteiger partial charge in [0.2, 0.25) is 0 Å². The van der Waals surface area contributed by atoms with Crippen LogP contribution >= 0.6 is 11.8 Å². The largest absolute Gasteiger partial charge is 0.450 e. The number of fused-ring (bicyclic) bond motifs is 1. The molecular weight excluding hydrogens is 349 g/mol. The van der Waals surface area contributed by atoms with Gasteiger partial charge in [-0.15, -0.1) is 0 Å². The van der Waals surface area contributed by atoms with E-state index in [1.54, 1.807) is 24.3 Å². The van der Waals surface area contributed by atoms with Gasteiger partial charge in [-0.1, -0.05) is 24.3 Å². The van der Waals surface area contributed by atoms with Crippen molar-refractivity contribution in [3.05, 3.63) is 77.8 Å². The van der Waals surface area contributed by atoms with E-state index >= 15 is 0 Å². The predicted octanol–water partition coefficient (Wildman–Crippen LogP) is 5.51. The molecule has 0 unspecified atom stereocenters. The van der Waals surface area contributed by atoms with E-state index in [9.17, 15) is 9.65 Å². The number of rotatable bonds is 4. The second kappa shape index (κ2) is 6.90. The van der Waals surface area contributed by atoms with E-state index in [1.165, 1.54) is 23.9 Å². The first-order valence-electron chi connectivity index (χ1n) is 7.81. The quantitative estimate of drug-likeness (QED) is 0.487. The third-order valence-electron chi connectivity index (χ3n) is 3.73. The number of nitrogens with zero attached hydrogens (tertiary/aromatic N) is 2. The molecule has 4 nitrogen and oxygen atoms in total. The zero-order valence-electron chi connectivity index (χ0n) is 13.4. The third kappa shape index (κ3) is 3.39. The van der Waals surface area contributed by atoms with Crippen molar-refractivity contribution in [2.45, 2.75) is 10.2 Å². The summed E-state index contributed by atoms with van der Waals surface area (Å²) in [7, 11) is 0. The maximum Gasteiger partial charge on any atom is 0.174 e. The van der Waals surface area contributed by atoms with Crippen molar-refractivity contribution in [3.63, 3.8) is 0 Å². The first kappa shape index (κ1) is 16.2. The molecule has 0 saturated carbocycles. The molecule has 0 radical (unpaired) electrons. The predicted molar refractivity (Wildman–Crippen MR) is 98.8 cm³/mol. The molecule has 0 aliphatic carbocycles. The van der Waals surface area contributed by atoms with Gasteiger partial charge in [-0.25, -0.2) is 9.37 Å². The monoisotopic (exact) mass is 361 g/mol. The molecule has 0 saturated heterocycles. The lowest BCUT2D eigenvalue weighted by molar-refractivity contribution is 0.466. The molecule has 4 rings (SSSR count). The molecule has 0 amide bonds. The average Bonchev–Trinajstić information content (AvgIpc) is 3.26. The lowest BCUT2D eigenvalue weighted by Gasteiger charge is -1.98. The third-order valence-corrected chi connectivity index (χ3v) is 4.54. The molecule has 0 aliphatic heterocycles. The number of aromatic amines is 1. The van der Waals surface area contributed by atoms with Crippen LogP contribution in [-0.2, 0) is 0 Å². The number of hydrogen-bond donors (Lipinski definition) is 1. The number of para-hydroxylation sites is 2. The smallest absolute Gasteiger partial charge is 0.174 e. The first-order chi connectivity index (χ1) is 12.7. The molecule has 6 heteroatoms. The van der Waals surface area contributed by atoms with E-state index in [2.05, 4.69) is 16.0 Å². The van der Waals surface area contributed by atoms with Crippen molar-refractivity contribution in [1.29, 1.82) is 5.26 Å². The molecule has 126 valence electrons. The van der Waals surface area contributed by atoms with E-state index in [4.69, 9.17) is 4.42 Å². The van der Waals surface area contributed by atoms with Crippen LogP contribution in [0.3, 0.4) is 0 Å². The summed E-state index contributed by atoms with van der Waals surface area (Å²) in [5.41, 5.74) is 2.89. The standard InChI is InChI=1S/C20H12FN3OS/c21-15-7-5-13(6-8-15)14(12-22)11-16-9-10-19(25-16)26-20-23-17-3-1-2-4-18(17)24-20/h1-11H,(H,23,24)/b14-11-.